The topological polar surface area (TPSA) is 57.2 Å². The molecular weight excluding hydrogens is 407 g/mol. The molecule has 6 nitrogen and oxygen atoms in total. The van der Waals surface area contributed by atoms with Crippen molar-refractivity contribution in [1.82, 2.24) is 15.1 Å². The summed E-state index contributed by atoms with van der Waals surface area (Å²) in [5.41, 5.74) is -0.411. The van der Waals surface area contributed by atoms with E-state index in [0.717, 1.165) is 38.4 Å². The van der Waals surface area contributed by atoms with Crippen molar-refractivity contribution in [1.29, 1.82) is 0 Å². The highest BCUT2D eigenvalue weighted by atomic mass is 127. The molecule has 0 amide bonds. The first-order chi connectivity index (χ1) is 10.3. The van der Waals surface area contributed by atoms with E-state index in [9.17, 15) is 4.79 Å². The van der Waals surface area contributed by atoms with Gasteiger partial charge in [-0.05, 0) is 40.2 Å². The number of nitrogens with zero attached hydrogens (tertiary/aromatic N) is 3. The Morgan fingerprint density at radius 3 is 2.57 bits per heavy atom. The van der Waals surface area contributed by atoms with E-state index in [1.165, 1.54) is 0 Å². The van der Waals surface area contributed by atoms with Gasteiger partial charge in [-0.15, -0.1) is 24.0 Å². The van der Waals surface area contributed by atoms with Gasteiger partial charge in [0.2, 0.25) is 0 Å². The number of carbonyl (C=O) groups is 1. The van der Waals surface area contributed by atoms with Crippen LogP contribution in [0, 0.1) is 0 Å². The molecular formula is C16H31IN4O2. The third kappa shape index (κ3) is 6.10. The van der Waals surface area contributed by atoms with Crippen molar-refractivity contribution < 1.29 is 9.53 Å². The number of halogens is 1. The minimum Gasteiger partial charge on any atom is -0.459 e. The number of likely N-dealkylation sites (N-methyl/N-ethyl adjacent to an activating group) is 2. The normalized spacial score (nSPS) is 23.9. The third-order valence-corrected chi connectivity index (χ3v) is 4.18. The smallest absolute Gasteiger partial charge is 0.320 e. The summed E-state index contributed by atoms with van der Waals surface area (Å²) in [5.74, 6) is 0.879. The molecule has 0 aromatic rings. The first-order valence-electron chi connectivity index (χ1n) is 8.26. The van der Waals surface area contributed by atoms with E-state index in [-0.39, 0.29) is 29.9 Å². The van der Waals surface area contributed by atoms with Gasteiger partial charge in [0.1, 0.15) is 5.60 Å². The highest BCUT2D eigenvalue weighted by Crippen LogP contribution is 2.26. The van der Waals surface area contributed by atoms with Crippen molar-refractivity contribution >= 4 is 35.9 Å². The van der Waals surface area contributed by atoms with Crippen LogP contribution in [0.15, 0.2) is 4.99 Å². The molecule has 1 aliphatic carbocycles. The molecule has 1 aliphatic heterocycles. The number of carbonyl (C=O) groups excluding carboxylic acids is 1. The number of guanidine groups is 1. The zero-order valence-electron chi connectivity index (χ0n) is 15.0. The Morgan fingerprint density at radius 2 is 2.09 bits per heavy atom. The Balaban J connectivity index is 0.00000264. The first kappa shape index (κ1) is 20.5. The van der Waals surface area contributed by atoms with Gasteiger partial charge in [-0.1, -0.05) is 6.92 Å². The average Bonchev–Trinajstić information content (AvgIpc) is 2.74. The van der Waals surface area contributed by atoms with Gasteiger partial charge in [0.25, 0.3) is 0 Å². The molecule has 2 aliphatic rings. The van der Waals surface area contributed by atoms with E-state index < -0.39 is 5.60 Å². The Kier molecular flexibility index (Phi) is 7.57. The summed E-state index contributed by atoms with van der Waals surface area (Å²) in [4.78, 5) is 20.8. The monoisotopic (exact) mass is 438 g/mol. The molecule has 23 heavy (non-hydrogen) atoms. The molecule has 1 saturated carbocycles. The number of hydrogen-bond donors (Lipinski definition) is 1. The Bertz CT molecular complexity index is 430. The third-order valence-electron chi connectivity index (χ3n) is 4.18. The second kappa shape index (κ2) is 8.50. The number of rotatable bonds is 5. The molecule has 0 aromatic carbocycles. The summed E-state index contributed by atoms with van der Waals surface area (Å²) < 4.78 is 5.42. The number of aliphatic imine (C=N–C) groups is 1. The van der Waals surface area contributed by atoms with E-state index in [4.69, 9.17) is 4.74 Å². The van der Waals surface area contributed by atoms with Gasteiger partial charge in [0.05, 0.1) is 13.1 Å². The zero-order chi connectivity index (χ0) is 16.3. The fourth-order valence-corrected chi connectivity index (χ4v) is 2.91. The summed E-state index contributed by atoms with van der Waals surface area (Å²) in [7, 11) is 2.07. The van der Waals surface area contributed by atoms with Crippen LogP contribution in [0.25, 0.3) is 0 Å². The highest BCUT2D eigenvalue weighted by Gasteiger charge is 2.35. The number of nitrogens with one attached hydrogen (secondary N) is 1. The van der Waals surface area contributed by atoms with Crippen molar-refractivity contribution in [2.24, 2.45) is 4.99 Å². The van der Waals surface area contributed by atoms with Crippen LogP contribution in [-0.2, 0) is 9.53 Å². The fraction of sp³-hybridized carbons (Fsp3) is 0.875. The minimum atomic E-state index is -0.411. The molecule has 2 rings (SSSR count). The van der Waals surface area contributed by atoms with E-state index >= 15 is 0 Å². The lowest BCUT2D eigenvalue weighted by Gasteiger charge is -2.43. The summed E-state index contributed by atoms with van der Waals surface area (Å²) in [6.07, 6.45) is 2.12. The van der Waals surface area contributed by atoms with E-state index in [1.807, 2.05) is 20.8 Å². The van der Waals surface area contributed by atoms with Crippen molar-refractivity contribution in [3.05, 3.63) is 0 Å². The van der Waals surface area contributed by atoms with Crippen LogP contribution in [-0.4, -0.2) is 72.6 Å². The van der Waals surface area contributed by atoms with Gasteiger partial charge in [-0.25, -0.2) is 0 Å². The SMILES string of the molecule is CCN(CC(=O)OC(C)(C)C)C1CC(NC2=NCCN2C)C1.I. The maximum atomic E-state index is 12.0. The van der Waals surface area contributed by atoms with Gasteiger partial charge in [0.15, 0.2) is 5.96 Å². The van der Waals surface area contributed by atoms with Crippen LogP contribution >= 0.6 is 24.0 Å². The molecule has 1 N–H and O–H groups in total. The number of ether oxygens (including phenoxy) is 1. The van der Waals surface area contributed by atoms with Gasteiger partial charge in [0, 0.05) is 25.7 Å². The fourth-order valence-electron chi connectivity index (χ4n) is 2.91. The predicted molar refractivity (Wildman–Crippen MR) is 103 cm³/mol. The standard InChI is InChI=1S/C16H30N4O2.HI/c1-6-20(11-14(21)22-16(2,3)4)13-9-12(10-13)18-15-17-7-8-19(15)5;/h12-13H,6-11H2,1-5H3,(H,17,18);1H. The Morgan fingerprint density at radius 1 is 1.43 bits per heavy atom. The van der Waals surface area contributed by atoms with Crippen molar-refractivity contribution in [3.63, 3.8) is 0 Å². The van der Waals surface area contributed by atoms with Crippen LogP contribution in [0.5, 0.6) is 0 Å². The van der Waals surface area contributed by atoms with Crippen molar-refractivity contribution in [2.75, 3.05) is 33.2 Å². The predicted octanol–water partition coefficient (Wildman–Crippen LogP) is 1.69. The molecule has 0 atom stereocenters. The number of esters is 1. The molecule has 0 aromatic heterocycles. The highest BCUT2D eigenvalue weighted by molar-refractivity contribution is 14.0. The lowest BCUT2D eigenvalue weighted by molar-refractivity contribution is -0.157. The van der Waals surface area contributed by atoms with Crippen molar-refractivity contribution in [3.8, 4) is 0 Å². The largest absolute Gasteiger partial charge is 0.459 e. The Hall–Kier alpha value is -0.570. The second-order valence-corrected chi connectivity index (χ2v) is 7.24. The van der Waals surface area contributed by atoms with Crippen LogP contribution in [0.1, 0.15) is 40.5 Å². The van der Waals surface area contributed by atoms with Gasteiger partial charge in [-0.3, -0.25) is 14.7 Å². The zero-order valence-corrected chi connectivity index (χ0v) is 17.3. The molecule has 0 bridgehead atoms. The molecule has 1 heterocycles. The molecule has 0 spiro atoms. The maximum absolute atomic E-state index is 12.0. The van der Waals surface area contributed by atoms with Gasteiger partial charge >= 0.3 is 5.97 Å². The lowest BCUT2D eigenvalue weighted by Crippen LogP contribution is -2.56. The van der Waals surface area contributed by atoms with Crippen LogP contribution in [0.2, 0.25) is 0 Å². The van der Waals surface area contributed by atoms with Gasteiger partial charge in [-0.2, -0.15) is 0 Å². The van der Waals surface area contributed by atoms with Crippen LogP contribution < -0.4 is 5.32 Å². The first-order valence-corrected chi connectivity index (χ1v) is 8.26. The summed E-state index contributed by atoms with van der Waals surface area (Å²) in [6.45, 7) is 11.0. The maximum Gasteiger partial charge on any atom is 0.320 e. The molecule has 7 heteroatoms. The summed E-state index contributed by atoms with van der Waals surface area (Å²) in [5, 5.41) is 3.50. The number of hydrogen-bond acceptors (Lipinski definition) is 6. The Labute approximate surface area is 157 Å². The molecule has 0 unspecified atom stereocenters. The lowest BCUT2D eigenvalue weighted by atomic mass is 9.85. The minimum absolute atomic E-state index is 0. The second-order valence-electron chi connectivity index (χ2n) is 7.24. The molecule has 134 valence electrons. The molecule has 1 fully saturated rings. The quantitative estimate of drug-likeness (QED) is 0.523. The average molecular weight is 438 g/mol. The van der Waals surface area contributed by atoms with E-state index in [1.54, 1.807) is 0 Å². The van der Waals surface area contributed by atoms with Crippen LogP contribution in [0.3, 0.4) is 0 Å². The summed E-state index contributed by atoms with van der Waals surface area (Å²) in [6, 6.07) is 0.930. The molecule has 0 radical (unpaired) electrons. The van der Waals surface area contributed by atoms with E-state index in [2.05, 4.69) is 34.1 Å². The molecule has 0 saturated heterocycles. The van der Waals surface area contributed by atoms with Crippen LogP contribution in [0.4, 0.5) is 0 Å². The van der Waals surface area contributed by atoms with Gasteiger partial charge < -0.3 is 15.0 Å². The summed E-state index contributed by atoms with van der Waals surface area (Å²) >= 11 is 0. The van der Waals surface area contributed by atoms with E-state index in [0.29, 0.717) is 18.6 Å². The van der Waals surface area contributed by atoms with Crippen molar-refractivity contribution in [2.45, 2.75) is 58.2 Å².